The van der Waals surface area contributed by atoms with Gasteiger partial charge in [-0.15, -0.1) is 0 Å². The number of rotatable bonds is 6. The molecule has 1 aromatic carbocycles. The molecule has 0 bridgehead atoms. The monoisotopic (exact) mass is 278 g/mol. The molecule has 1 aliphatic heterocycles. The summed E-state index contributed by atoms with van der Waals surface area (Å²) in [5.74, 6) is 1.70. The van der Waals surface area contributed by atoms with Crippen molar-refractivity contribution in [1.29, 1.82) is 0 Å². The van der Waals surface area contributed by atoms with Crippen LogP contribution in [0.1, 0.15) is 37.8 Å². The van der Waals surface area contributed by atoms with Crippen LogP contribution in [0.3, 0.4) is 0 Å². The number of piperidine rings is 1. The Labute approximate surface area is 121 Å². The molecule has 0 spiro atoms. The Kier molecular flexibility index (Phi) is 5.68. The lowest BCUT2D eigenvalue weighted by Gasteiger charge is -2.26. The molecule has 2 atom stereocenters. The lowest BCUT2D eigenvalue weighted by Crippen LogP contribution is -2.42. The molecule has 1 aliphatic rings. The minimum atomic E-state index is 0.264. The molecular formula is C16H26N2O2. The van der Waals surface area contributed by atoms with Crippen LogP contribution in [0.15, 0.2) is 18.2 Å². The van der Waals surface area contributed by atoms with Gasteiger partial charge in [0, 0.05) is 30.3 Å². The Balaban J connectivity index is 1.95. The van der Waals surface area contributed by atoms with E-state index in [0.717, 1.165) is 24.6 Å². The van der Waals surface area contributed by atoms with Crippen molar-refractivity contribution in [2.24, 2.45) is 0 Å². The second-order valence-electron chi connectivity index (χ2n) is 5.38. The quantitative estimate of drug-likeness (QED) is 0.839. The minimum Gasteiger partial charge on any atom is -0.497 e. The maximum Gasteiger partial charge on any atom is 0.127 e. The average Bonchev–Trinajstić information content (AvgIpc) is 2.52. The van der Waals surface area contributed by atoms with Crippen LogP contribution < -0.4 is 20.1 Å². The van der Waals surface area contributed by atoms with Crippen molar-refractivity contribution in [2.75, 3.05) is 27.3 Å². The van der Waals surface area contributed by atoms with Gasteiger partial charge in [0.2, 0.25) is 0 Å². The maximum absolute atomic E-state index is 5.47. The fourth-order valence-corrected chi connectivity index (χ4v) is 2.70. The number of methoxy groups -OCH3 is 2. The highest BCUT2D eigenvalue weighted by atomic mass is 16.5. The highest BCUT2D eigenvalue weighted by Gasteiger charge is 2.16. The predicted octanol–water partition coefficient (Wildman–Crippen LogP) is 2.50. The van der Waals surface area contributed by atoms with E-state index in [2.05, 4.69) is 23.6 Å². The average molecular weight is 278 g/mol. The number of ether oxygens (including phenoxy) is 2. The molecule has 2 N–H and O–H groups in total. The van der Waals surface area contributed by atoms with E-state index in [9.17, 15) is 0 Å². The van der Waals surface area contributed by atoms with Gasteiger partial charge in [-0.3, -0.25) is 0 Å². The zero-order valence-electron chi connectivity index (χ0n) is 12.7. The highest BCUT2D eigenvalue weighted by Crippen LogP contribution is 2.29. The molecule has 0 aliphatic carbocycles. The van der Waals surface area contributed by atoms with Crippen LogP contribution in [0, 0.1) is 0 Å². The second-order valence-corrected chi connectivity index (χ2v) is 5.38. The maximum atomic E-state index is 5.47. The molecule has 1 saturated heterocycles. The molecule has 4 heteroatoms. The Bertz CT molecular complexity index is 417. The van der Waals surface area contributed by atoms with Gasteiger partial charge in [0.25, 0.3) is 0 Å². The normalized spacial score (nSPS) is 20.4. The molecule has 1 fully saturated rings. The van der Waals surface area contributed by atoms with Gasteiger partial charge < -0.3 is 20.1 Å². The first kappa shape index (κ1) is 15.1. The standard InChI is InChI=1S/C16H26N2O2/c1-12(18-11-13-6-4-5-9-17-13)15-8-7-14(19-2)10-16(15)20-3/h7-8,10,12-13,17-18H,4-6,9,11H2,1-3H3. The minimum absolute atomic E-state index is 0.264. The summed E-state index contributed by atoms with van der Waals surface area (Å²) in [4.78, 5) is 0. The molecule has 4 nitrogen and oxygen atoms in total. The molecule has 0 aromatic heterocycles. The van der Waals surface area contributed by atoms with Crippen LogP contribution in [0.25, 0.3) is 0 Å². The van der Waals surface area contributed by atoms with Crippen LogP contribution >= 0.6 is 0 Å². The van der Waals surface area contributed by atoms with Crippen molar-refractivity contribution in [3.8, 4) is 11.5 Å². The van der Waals surface area contributed by atoms with Crippen molar-refractivity contribution in [2.45, 2.75) is 38.3 Å². The van der Waals surface area contributed by atoms with Crippen LogP contribution in [0.2, 0.25) is 0 Å². The summed E-state index contributed by atoms with van der Waals surface area (Å²) < 4.78 is 10.7. The summed E-state index contributed by atoms with van der Waals surface area (Å²) in [5, 5.41) is 7.16. The Hall–Kier alpha value is -1.26. The predicted molar refractivity (Wildman–Crippen MR) is 81.6 cm³/mol. The van der Waals surface area contributed by atoms with Gasteiger partial charge in [-0.2, -0.15) is 0 Å². The Morgan fingerprint density at radius 1 is 1.30 bits per heavy atom. The largest absolute Gasteiger partial charge is 0.497 e. The molecular weight excluding hydrogens is 252 g/mol. The Morgan fingerprint density at radius 3 is 2.80 bits per heavy atom. The Morgan fingerprint density at radius 2 is 2.15 bits per heavy atom. The zero-order valence-corrected chi connectivity index (χ0v) is 12.7. The van der Waals surface area contributed by atoms with Crippen molar-refractivity contribution >= 4 is 0 Å². The zero-order chi connectivity index (χ0) is 14.4. The lowest BCUT2D eigenvalue weighted by atomic mass is 10.0. The van der Waals surface area contributed by atoms with E-state index in [1.165, 1.54) is 24.8 Å². The van der Waals surface area contributed by atoms with Crippen LogP contribution in [-0.4, -0.2) is 33.4 Å². The van der Waals surface area contributed by atoms with Crippen molar-refractivity contribution < 1.29 is 9.47 Å². The van der Waals surface area contributed by atoms with E-state index in [1.54, 1.807) is 14.2 Å². The van der Waals surface area contributed by atoms with E-state index >= 15 is 0 Å². The van der Waals surface area contributed by atoms with Gasteiger partial charge in [0.05, 0.1) is 14.2 Å². The summed E-state index contributed by atoms with van der Waals surface area (Å²) in [6.45, 7) is 4.32. The van der Waals surface area contributed by atoms with Gasteiger partial charge in [-0.25, -0.2) is 0 Å². The number of nitrogens with one attached hydrogen (secondary N) is 2. The van der Waals surface area contributed by atoms with E-state index in [4.69, 9.17) is 9.47 Å². The van der Waals surface area contributed by atoms with Crippen LogP contribution in [0.5, 0.6) is 11.5 Å². The summed E-state index contributed by atoms with van der Waals surface area (Å²) in [7, 11) is 3.37. The first-order valence-corrected chi connectivity index (χ1v) is 7.43. The fraction of sp³-hybridized carbons (Fsp3) is 0.625. The lowest BCUT2D eigenvalue weighted by molar-refractivity contribution is 0.362. The number of hydrogen-bond donors (Lipinski definition) is 2. The van der Waals surface area contributed by atoms with E-state index in [0.29, 0.717) is 6.04 Å². The molecule has 0 amide bonds. The number of benzene rings is 1. The molecule has 1 heterocycles. The molecule has 2 unspecified atom stereocenters. The third kappa shape index (κ3) is 3.87. The van der Waals surface area contributed by atoms with Crippen molar-refractivity contribution in [3.63, 3.8) is 0 Å². The van der Waals surface area contributed by atoms with E-state index in [-0.39, 0.29) is 6.04 Å². The molecule has 20 heavy (non-hydrogen) atoms. The van der Waals surface area contributed by atoms with Crippen molar-refractivity contribution in [3.05, 3.63) is 23.8 Å². The second kappa shape index (κ2) is 7.50. The number of hydrogen-bond acceptors (Lipinski definition) is 4. The summed E-state index contributed by atoms with van der Waals surface area (Å²) >= 11 is 0. The first-order valence-electron chi connectivity index (χ1n) is 7.43. The van der Waals surface area contributed by atoms with Gasteiger partial charge >= 0.3 is 0 Å². The van der Waals surface area contributed by atoms with E-state index in [1.807, 2.05) is 12.1 Å². The first-order chi connectivity index (χ1) is 9.74. The molecule has 1 aromatic rings. The van der Waals surface area contributed by atoms with Crippen LogP contribution in [-0.2, 0) is 0 Å². The smallest absolute Gasteiger partial charge is 0.127 e. The SMILES string of the molecule is COc1ccc(C(C)NCC2CCCCN2)c(OC)c1. The van der Waals surface area contributed by atoms with Gasteiger partial charge in [0.15, 0.2) is 0 Å². The molecule has 112 valence electrons. The van der Waals surface area contributed by atoms with Crippen LogP contribution in [0.4, 0.5) is 0 Å². The molecule has 0 saturated carbocycles. The van der Waals surface area contributed by atoms with Gasteiger partial charge in [-0.05, 0) is 32.4 Å². The van der Waals surface area contributed by atoms with Gasteiger partial charge in [0.1, 0.15) is 11.5 Å². The summed E-state index contributed by atoms with van der Waals surface area (Å²) in [6, 6.07) is 6.85. The third-order valence-electron chi connectivity index (χ3n) is 3.99. The third-order valence-corrected chi connectivity index (χ3v) is 3.99. The fourth-order valence-electron chi connectivity index (χ4n) is 2.70. The highest BCUT2D eigenvalue weighted by molar-refractivity contribution is 5.42. The molecule has 2 rings (SSSR count). The van der Waals surface area contributed by atoms with E-state index < -0.39 is 0 Å². The van der Waals surface area contributed by atoms with Crippen molar-refractivity contribution in [1.82, 2.24) is 10.6 Å². The molecule has 0 radical (unpaired) electrons. The summed E-state index contributed by atoms with van der Waals surface area (Å²) in [6.07, 6.45) is 3.90. The van der Waals surface area contributed by atoms with Gasteiger partial charge in [-0.1, -0.05) is 12.5 Å². The summed E-state index contributed by atoms with van der Waals surface area (Å²) in [5.41, 5.74) is 1.17. The topological polar surface area (TPSA) is 42.5 Å².